The summed E-state index contributed by atoms with van der Waals surface area (Å²) in [6.07, 6.45) is 4.19. The van der Waals surface area contributed by atoms with Crippen LogP contribution in [0.5, 0.6) is 0 Å². The van der Waals surface area contributed by atoms with Crippen molar-refractivity contribution in [2.45, 2.75) is 32.0 Å². The summed E-state index contributed by atoms with van der Waals surface area (Å²) in [5.74, 6) is 0.0365. The van der Waals surface area contributed by atoms with E-state index in [9.17, 15) is 9.59 Å². The van der Waals surface area contributed by atoms with Crippen LogP contribution in [0.2, 0.25) is 0 Å². The van der Waals surface area contributed by atoms with Gasteiger partial charge in [-0.25, -0.2) is 4.98 Å². The first-order chi connectivity index (χ1) is 13.0. The Kier molecular flexibility index (Phi) is 4.53. The van der Waals surface area contributed by atoms with E-state index in [1.807, 2.05) is 31.4 Å². The molecular formula is C20H23N5O2. The summed E-state index contributed by atoms with van der Waals surface area (Å²) < 4.78 is 3.55. The summed E-state index contributed by atoms with van der Waals surface area (Å²) >= 11 is 0. The molecule has 2 aromatic heterocycles. The summed E-state index contributed by atoms with van der Waals surface area (Å²) in [4.78, 5) is 31.5. The Morgan fingerprint density at radius 2 is 2.07 bits per heavy atom. The second-order valence-corrected chi connectivity index (χ2v) is 7.08. The van der Waals surface area contributed by atoms with Gasteiger partial charge in [0, 0.05) is 18.9 Å². The highest BCUT2D eigenvalue weighted by atomic mass is 16.2. The van der Waals surface area contributed by atoms with Gasteiger partial charge < -0.3 is 10.3 Å². The zero-order valence-corrected chi connectivity index (χ0v) is 15.3. The van der Waals surface area contributed by atoms with Crippen molar-refractivity contribution in [1.82, 2.24) is 19.0 Å². The van der Waals surface area contributed by atoms with E-state index < -0.39 is 5.91 Å². The molecule has 1 aliphatic rings. The van der Waals surface area contributed by atoms with Crippen molar-refractivity contribution < 1.29 is 4.79 Å². The first kappa shape index (κ1) is 17.5. The van der Waals surface area contributed by atoms with Crippen LogP contribution in [0.25, 0.3) is 10.9 Å². The van der Waals surface area contributed by atoms with Crippen molar-refractivity contribution >= 4 is 16.8 Å². The molecule has 0 aliphatic carbocycles. The molecule has 1 aromatic carbocycles. The largest absolute Gasteiger partial charge is 0.368 e. The number of fused-ring (bicyclic) bond motifs is 1. The number of primary amides is 1. The molecule has 0 spiro atoms. The van der Waals surface area contributed by atoms with E-state index in [0.29, 0.717) is 23.3 Å². The molecule has 1 atom stereocenters. The van der Waals surface area contributed by atoms with Crippen molar-refractivity contribution in [1.29, 1.82) is 0 Å². The molecule has 3 heterocycles. The van der Waals surface area contributed by atoms with Crippen LogP contribution in [0.15, 0.2) is 47.4 Å². The van der Waals surface area contributed by atoms with Crippen LogP contribution >= 0.6 is 0 Å². The Morgan fingerprint density at radius 3 is 2.81 bits per heavy atom. The van der Waals surface area contributed by atoms with Gasteiger partial charge in [0.25, 0.3) is 5.56 Å². The zero-order chi connectivity index (χ0) is 19.0. The van der Waals surface area contributed by atoms with E-state index in [-0.39, 0.29) is 18.1 Å². The van der Waals surface area contributed by atoms with Crippen LogP contribution < -0.4 is 11.3 Å². The third-order valence-electron chi connectivity index (χ3n) is 5.29. The Balaban J connectivity index is 1.75. The van der Waals surface area contributed by atoms with Gasteiger partial charge in [-0.05, 0) is 43.7 Å². The number of likely N-dealkylation sites (tertiary alicyclic amines) is 1. The minimum atomic E-state index is -0.546. The second-order valence-electron chi connectivity index (χ2n) is 7.08. The lowest BCUT2D eigenvalue weighted by molar-refractivity contribution is -0.118. The maximum atomic E-state index is 12.9. The molecule has 7 nitrogen and oxygen atoms in total. The molecule has 7 heteroatoms. The Labute approximate surface area is 157 Å². The lowest BCUT2D eigenvalue weighted by atomic mass is 10.1. The van der Waals surface area contributed by atoms with Gasteiger partial charge >= 0.3 is 0 Å². The molecule has 1 fully saturated rings. The van der Waals surface area contributed by atoms with Crippen LogP contribution in [-0.4, -0.2) is 31.5 Å². The molecule has 140 valence electrons. The minimum absolute atomic E-state index is 0.158. The van der Waals surface area contributed by atoms with Crippen LogP contribution in [0.1, 0.15) is 30.4 Å². The zero-order valence-electron chi connectivity index (χ0n) is 15.3. The summed E-state index contributed by atoms with van der Waals surface area (Å²) in [7, 11) is 2.04. The van der Waals surface area contributed by atoms with E-state index in [1.54, 1.807) is 12.1 Å². The Hall–Kier alpha value is -2.93. The van der Waals surface area contributed by atoms with Crippen LogP contribution in [0.4, 0.5) is 0 Å². The molecule has 27 heavy (non-hydrogen) atoms. The molecule has 1 aliphatic heterocycles. The number of carbonyl (C=O) groups excluding carboxylic acids is 1. The van der Waals surface area contributed by atoms with Gasteiger partial charge in [0.1, 0.15) is 12.4 Å². The van der Waals surface area contributed by atoms with Gasteiger partial charge in [0.15, 0.2) is 0 Å². The number of benzene rings is 1. The van der Waals surface area contributed by atoms with Crippen LogP contribution in [0, 0.1) is 0 Å². The minimum Gasteiger partial charge on any atom is -0.368 e. The maximum Gasteiger partial charge on any atom is 0.261 e. The molecule has 1 saturated heterocycles. The molecule has 0 radical (unpaired) electrons. The van der Waals surface area contributed by atoms with Gasteiger partial charge in [-0.2, -0.15) is 0 Å². The van der Waals surface area contributed by atoms with Crippen molar-refractivity contribution in [2.24, 2.45) is 12.8 Å². The molecule has 0 saturated carbocycles. The summed E-state index contributed by atoms with van der Waals surface area (Å²) in [5.41, 5.74) is 7.07. The molecule has 0 unspecified atom stereocenters. The van der Waals surface area contributed by atoms with Gasteiger partial charge in [-0.15, -0.1) is 0 Å². The van der Waals surface area contributed by atoms with E-state index in [2.05, 4.69) is 15.5 Å². The highest BCUT2D eigenvalue weighted by Crippen LogP contribution is 2.32. The molecule has 1 amide bonds. The Morgan fingerprint density at radius 1 is 1.26 bits per heavy atom. The van der Waals surface area contributed by atoms with E-state index in [4.69, 9.17) is 10.7 Å². The third-order valence-corrected chi connectivity index (χ3v) is 5.29. The van der Waals surface area contributed by atoms with Gasteiger partial charge in [-0.1, -0.05) is 12.1 Å². The summed E-state index contributed by atoms with van der Waals surface area (Å²) in [6.45, 7) is 1.27. The highest BCUT2D eigenvalue weighted by molar-refractivity contribution is 5.78. The number of rotatable bonds is 5. The predicted octanol–water partition coefficient (Wildman–Crippen LogP) is 1.56. The first-order valence-electron chi connectivity index (χ1n) is 9.16. The maximum absolute atomic E-state index is 12.9. The third kappa shape index (κ3) is 3.26. The van der Waals surface area contributed by atoms with E-state index >= 15 is 0 Å². The number of carbonyl (C=O) groups is 1. The van der Waals surface area contributed by atoms with Crippen LogP contribution in [0.3, 0.4) is 0 Å². The topological polar surface area (TPSA) is 86.2 Å². The van der Waals surface area contributed by atoms with E-state index in [0.717, 1.165) is 19.4 Å². The van der Waals surface area contributed by atoms with Crippen molar-refractivity contribution in [3.05, 3.63) is 64.5 Å². The van der Waals surface area contributed by atoms with Crippen molar-refractivity contribution in [3.63, 3.8) is 0 Å². The van der Waals surface area contributed by atoms with Crippen LogP contribution in [-0.2, 0) is 24.9 Å². The van der Waals surface area contributed by atoms with Crippen molar-refractivity contribution in [2.75, 3.05) is 6.54 Å². The highest BCUT2D eigenvalue weighted by Gasteiger charge is 2.29. The molecule has 4 rings (SSSR count). The fourth-order valence-corrected chi connectivity index (χ4v) is 4.01. The molecule has 0 bridgehead atoms. The monoisotopic (exact) mass is 365 g/mol. The average molecular weight is 365 g/mol. The number of hydrogen-bond donors (Lipinski definition) is 1. The number of nitrogens with two attached hydrogens (primary N) is 1. The smallest absolute Gasteiger partial charge is 0.261 e. The lowest BCUT2D eigenvalue weighted by Gasteiger charge is -2.26. The molecule has 2 N–H and O–H groups in total. The number of aromatic nitrogens is 3. The van der Waals surface area contributed by atoms with Gasteiger partial charge in [0.05, 0.1) is 23.5 Å². The first-order valence-corrected chi connectivity index (χ1v) is 9.16. The normalized spacial score (nSPS) is 17.6. The summed E-state index contributed by atoms with van der Waals surface area (Å²) in [5, 5.41) is 0.503. The lowest BCUT2D eigenvalue weighted by Crippen LogP contribution is -2.34. The molecule has 3 aromatic rings. The van der Waals surface area contributed by atoms with Gasteiger partial charge in [-0.3, -0.25) is 19.1 Å². The number of aryl methyl sites for hydroxylation is 1. The predicted molar refractivity (Wildman–Crippen MR) is 103 cm³/mol. The van der Waals surface area contributed by atoms with Gasteiger partial charge in [0.2, 0.25) is 5.91 Å². The average Bonchev–Trinajstić information content (AvgIpc) is 3.26. The number of hydrogen-bond acceptors (Lipinski definition) is 4. The van der Waals surface area contributed by atoms with E-state index in [1.165, 1.54) is 10.3 Å². The number of para-hydroxylation sites is 1. The fourth-order valence-electron chi connectivity index (χ4n) is 4.01. The Bertz CT molecular complexity index is 1050. The quantitative estimate of drug-likeness (QED) is 0.743. The fraction of sp³-hybridized carbons (Fsp3) is 0.350. The number of nitrogens with zero attached hydrogens (tertiary/aromatic N) is 4. The second kappa shape index (κ2) is 7.00. The molecular weight excluding hydrogens is 342 g/mol. The van der Waals surface area contributed by atoms with Crippen molar-refractivity contribution in [3.8, 4) is 0 Å². The number of amides is 1. The summed E-state index contributed by atoms with van der Waals surface area (Å²) in [6, 6.07) is 11.7. The SMILES string of the molecule is Cn1cccc1[C@H]1CCCN1Cc1nc2ccccc2c(=O)n1CC(N)=O. The standard InChI is InChI=1S/C20H23N5O2/c1-23-10-4-8-16(23)17-9-5-11-24(17)13-19-22-15-7-3-2-6-14(15)20(27)25(19)12-18(21)26/h2-4,6-8,10,17H,5,9,11-13H2,1H3,(H2,21,26)/t17-/m1/s1.